The third-order valence-corrected chi connectivity index (χ3v) is 6.33. The average Bonchev–Trinajstić information content (AvgIpc) is 3.04. The van der Waals surface area contributed by atoms with E-state index < -0.39 is 0 Å². The summed E-state index contributed by atoms with van der Waals surface area (Å²) in [6.07, 6.45) is 3.86. The summed E-state index contributed by atoms with van der Waals surface area (Å²) in [7, 11) is 0. The molecule has 0 radical (unpaired) electrons. The quantitative estimate of drug-likeness (QED) is 0.515. The van der Waals surface area contributed by atoms with Crippen molar-refractivity contribution >= 4 is 45.9 Å². The molecule has 1 aromatic carbocycles. The first-order chi connectivity index (χ1) is 13.9. The third kappa shape index (κ3) is 5.07. The summed E-state index contributed by atoms with van der Waals surface area (Å²) in [6.45, 7) is 8.05. The lowest BCUT2D eigenvalue weighted by molar-refractivity contribution is -0.111. The summed E-state index contributed by atoms with van der Waals surface area (Å²) in [6, 6.07) is 7.72. The van der Waals surface area contributed by atoms with E-state index in [1.807, 2.05) is 18.2 Å². The Hall–Kier alpha value is -2.15. The predicted molar refractivity (Wildman–Crippen MR) is 119 cm³/mol. The Balaban J connectivity index is 1.85. The number of amides is 1. The lowest BCUT2D eigenvalue weighted by atomic mass is 10.0. The van der Waals surface area contributed by atoms with Crippen LogP contribution >= 0.6 is 22.9 Å². The number of carbonyl (C=O) groups excluding carboxylic acids is 2. The molecule has 3 rings (SSSR count). The highest BCUT2D eigenvalue weighted by atomic mass is 35.5. The first-order valence-electron chi connectivity index (χ1n) is 9.70. The fraction of sp³-hybridized carbons (Fsp3) is 0.364. The molecule has 1 amide bonds. The van der Waals surface area contributed by atoms with Gasteiger partial charge in [0.1, 0.15) is 5.00 Å². The van der Waals surface area contributed by atoms with E-state index in [1.165, 1.54) is 17.4 Å². The Morgan fingerprint density at radius 2 is 2.10 bits per heavy atom. The van der Waals surface area contributed by atoms with Gasteiger partial charge in [-0.05, 0) is 50.5 Å². The molecular formula is C22H25ClN2O3S. The zero-order valence-corrected chi connectivity index (χ0v) is 18.4. The molecule has 0 spiro atoms. The maximum absolute atomic E-state index is 12.6. The van der Waals surface area contributed by atoms with Gasteiger partial charge in [-0.1, -0.05) is 29.8 Å². The van der Waals surface area contributed by atoms with Gasteiger partial charge >= 0.3 is 5.97 Å². The first-order valence-corrected chi connectivity index (χ1v) is 10.9. The zero-order chi connectivity index (χ0) is 21.0. The van der Waals surface area contributed by atoms with Crippen LogP contribution in [-0.2, 0) is 22.5 Å². The van der Waals surface area contributed by atoms with Crippen LogP contribution in [-0.4, -0.2) is 36.0 Å². The van der Waals surface area contributed by atoms with E-state index in [0.29, 0.717) is 28.2 Å². The molecule has 1 aliphatic heterocycles. The number of anilines is 1. The Morgan fingerprint density at radius 1 is 1.34 bits per heavy atom. The molecule has 2 aromatic rings. The first kappa shape index (κ1) is 21.6. The summed E-state index contributed by atoms with van der Waals surface area (Å²) in [5.74, 6) is -0.692. The maximum Gasteiger partial charge on any atom is 0.341 e. The average molecular weight is 433 g/mol. The molecule has 0 aliphatic carbocycles. The zero-order valence-electron chi connectivity index (χ0n) is 16.8. The minimum absolute atomic E-state index is 0.293. The minimum atomic E-state index is -0.381. The van der Waals surface area contributed by atoms with Crippen LogP contribution in [0, 0.1) is 0 Å². The number of benzene rings is 1. The van der Waals surface area contributed by atoms with Crippen molar-refractivity contribution in [1.29, 1.82) is 0 Å². The largest absolute Gasteiger partial charge is 0.462 e. The van der Waals surface area contributed by atoms with Crippen molar-refractivity contribution in [2.45, 2.75) is 39.8 Å². The Bertz CT molecular complexity index is 936. The molecule has 7 heteroatoms. The molecule has 0 atom stereocenters. The highest BCUT2D eigenvalue weighted by Crippen LogP contribution is 2.38. The number of rotatable bonds is 6. The fourth-order valence-electron chi connectivity index (χ4n) is 3.30. The van der Waals surface area contributed by atoms with Gasteiger partial charge in [-0.3, -0.25) is 9.69 Å². The molecule has 2 heterocycles. The van der Waals surface area contributed by atoms with E-state index in [-0.39, 0.29) is 11.9 Å². The highest BCUT2D eigenvalue weighted by Gasteiger charge is 2.30. The van der Waals surface area contributed by atoms with E-state index in [0.717, 1.165) is 35.5 Å². The van der Waals surface area contributed by atoms with Gasteiger partial charge in [0.05, 0.1) is 12.2 Å². The number of ether oxygens (including phenoxy) is 1. The molecule has 0 saturated carbocycles. The van der Waals surface area contributed by atoms with Gasteiger partial charge in [0.25, 0.3) is 0 Å². The van der Waals surface area contributed by atoms with Crippen molar-refractivity contribution in [3.63, 3.8) is 0 Å². The van der Waals surface area contributed by atoms with E-state index in [2.05, 4.69) is 24.1 Å². The van der Waals surface area contributed by atoms with E-state index in [4.69, 9.17) is 16.3 Å². The number of nitrogens with one attached hydrogen (secondary N) is 1. The molecule has 5 nitrogen and oxygen atoms in total. The summed E-state index contributed by atoms with van der Waals surface area (Å²) >= 11 is 7.59. The van der Waals surface area contributed by atoms with Crippen molar-refractivity contribution in [1.82, 2.24) is 4.90 Å². The molecule has 154 valence electrons. The Kier molecular flexibility index (Phi) is 7.11. The van der Waals surface area contributed by atoms with Gasteiger partial charge in [0.15, 0.2) is 0 Å². The molecule has 1 aliphatic rings. The van der Waals surface area contributed by atoms with Crippen LogP contribution < -0.4 is 5.32 Å². The van der Waals surface area contributed by atoms with Gasteiger partial charge in [-0.15, -0.1) is 11.3 Å². The lowest BCUT2D eigenvalue weighted by Crippen LogP contribution is -2.35. The second-order valence-corrected chi connectivity index (χ2v) is 8.60. The van der Waals surface area contributed by atoms with Crippen molar-refractivity contribution in [3.8, 4) is 0 Å². The van der Waals surface area contributed by atoms with Crippen LogP contribution in [0.15, 0.2) is 30.3 Å². The van der Waals surface area contributed by atoms with Gasteiger partial charge in [0.2, 0.25) is 5.91 Å². The standard InChI is InChI=1S/C22H25ClN2O3S/c1-4-28-22(27)20-16-11-12-25(14(2)3)13-18(16)29-21(20)24-19(26)10-9-15-7-5-6-8-17(15)23/h5-10,14H,4,11-13H2,1-3H3,(H,24,26)/b10-9-. The number of carbonyl (C=O) groups is 2. The third-order valence-electron chi connectivity index (χ3n) is 4.85. The van der Waals surface area contributed by atoms with E-state index in [9.17, 15) is 9.59 Å². The van der Waals surface area contributed by atoms with Crippen molar-refractivity contribution in [2.75, 3.05) is 18.5 Å². The van der Waals surface area contributed by atoms with Crippen LogP contribution in [0.5, 0.6) is 0 Å². The van der Waals surface area contributed by atoms with Crippen LogP contribution in [0.4, 0.5) is 5.00 Å². The minimum Gasteiger partial charge on any atom is -0.462 e. The van der Waals surface area contributed by atoms with Crippen LogP contribution in [0.1, 0.15) is 47.1 Å². The van der Waals surface area contributed by atoms with Crippen molar-refractivity contribution < 1.29 is 14.3 Å². The summed E-state index contributed by atoms with van der Waals surface area (Å²) in [5.41, 5.74) is 2.25. The topological polar surface area (TPSA) is 58.6 Å². The van der Waals surface area contributed by atoms with Gasteiger partial charge in [-0.2, -0.15) is 0 Å². The number of fused-ring (bicyclic) bond motifs is 1. The van der Waals surface area contributed by atoms with Crippen LogP contribution in [0.3, 0.4) is 0 Å². The monoisotopic (exact) mass is 432 g/mol. The van der Waals surface area contributed by atoms with Gasteiger partial charge in [-0.25, -0.2) is 4.79 Å². The fourth-order valence-corrected chi connectivity index (χ4v) is 4.76. The summed E-state index contributed by atoms with van der Waals surface area (Å²) in [5, 5.41) is 3.99. The number of hydrogen-bond acceptors (Lipinski definition) is 5. The molecule has 0 fully saturated rings. The van der Waals surface area contributed by atoms with Gasteiger partial charge < -0.3 is 10.1 Å². The van der Waals surface area contributed by atoms with Crippen molar-refractivity contribution in [2.24, 2.45) is 0 Å². The molecule has 1 N–H and O–H groups in total. The number of hydrogen-bond donors (Lipinski definition) is 1. The number of esters is 1. The lowest BCUT2D eigenvalue weighted by Gasteiger charge is -2.30. The molecule has 0 saturated heterocycles. The number of thiophene rings is 1. The second-order valence-electron chi connectivity index (χ2n) is 7.09. The molecular weight excluding hydrogens is 408 g/mol. The molecule has 0 bridgehead atoms. The normalized spacial score (nSPS) is 14.2. The number of halogens is 1. The highest BCUT2D eigenvalue weighted by molar-refractivity contribution is 7.17. The maximum atomic E-state index is 12.6. The van der Waals surface area contributed by atoms with Crippen LogP contribution in [0.2, 0.25) is 5.02 Å². The Morgan fingerprint density at radius 3 is 2.79 bits per heavy atom. The van der Waals surface area contributed by atoms with E-state index in [1.54, 1.807) is 19.1 Å². The SMILES string of the molecule is CCOC(=O)c1c(NC(=O)/C=C\c2ccccc2Cl)sc2c1CCN(C(C)C)C2. The second kappa shape index (κ2) is 9.57. The predicted octanol–water partition coefficient (Wildman–Crippen LogP) is 5.00. The summed E-state index contributed by atoms with van der Waals surface area (Å²) < 4.78 is 5.26. The van der Waals surface area contributed by atoms with Crippen LogP contribution in [0.25, 0.3) is 6.08 Å². The van der Waals surface area contributed by atoms with Gasteiger partial charge in [0, 0.05) is 35.1 Å². The Labute approximate surface area is 180 Å². The number of nitrogens with zero attached hydrogens (tertiary/aromatic N) is 1. The smallest absolute Gasteiger partial charge is 0.341 e. The molecule has 0 unspecified atom stereocenters. The van der Waals surface area contributed by atoms with E-state index >= 15 is 0 Å². The van der Waals surface area contributed by atoms with Crippen molar-refractivity contribution in [3.05, 3.63) is 56.9 Å². The summed E-state index contributed by atoms with van der Waals surface area (Å²) in [4.78, 5) is 28.6. The molecule has 1 aromatic heterocycles. The molecule has 29 heavy (non-hydrogen) atoms.